The summed E-state index contributed by atoms with van der Waals surface area (Å²) in [5, 5.41) is 0. The van der Waals surface area contributed by atoms with Gasteiger partial charge in [0.15, 0.2) is 5.78 Å². The van der Waals surface area contributed by atoms with E-state index in [2.05, 4.69) is 0 Å². The molecule has 9 heteroatoms. The zero-order valence-electron chi connectivity index (χ0n) is 22.4. The lowest BCUT2D eigenvalue weighted by Crippen LogP contribution is -2.36. The van der Waals surface area contributed by atoms with Gasteiger partial charge in [0.05, 0.1) is 25.8 Å². The van der Waals surface area contributed by atoms with Crippen molar-refractivity contribution in [3.05, 3.63) is 82.7 Å². The number of hydrogen-bond donors (Lipinski definition) is 0. The van der Waals surface area contributed by atoms with Crippen molar-refractivity contribution < 1.29 is 27.5 Å². The van der Waals surface area contributed by atoms with Gasteiger partial charge >= 0.3 is 5.97 Å². The van der Waals surface area contributed by atoms with Gasteiger partial charge in [0, 0.05) is 32.1 Å². The molecule has 0 spiro atoms. The van der Waals surface area contributed by atoms with Gasteiger partial charge in [-0.15, -0.1) is 0 Å². The Bertz CT molecular complexity index is 1460. The third-order valence-electron chi connectivity index (χ3n) is 7.22. The maximum absolute atomic E-state index is 13.7. The Morgan fingerprint density at radius 1 is 1.13 bits per heavy atom. The first-order chi connectivity index (χ1) is 18.1. The van der Waals surface area contributed by atoms with E-state index in [0.717, 1.165) is 22.4 Å². The van der Waals surface area contributed by atoms with Crippen molar-refractivity contribution in [2.24, 2.45) is 7.05 Å². The smallest absolute Gasteiger partial charge is 0.306 e. The van der Waals surface area contributed by atoms with Gasteiger partial charge in [-0.3, -0.25) is 9.59 Å². The zero-order valence-corrected chi connectivity index (χ0v) is 23.2. The van der Waals surface area contributed by atoms with Crippen LogP contribution in [0.1, 0.15) is 65.5 Å². The van der Waals surface area contributed by atoms with Gasteiger partial charge < -0.3 is 14.0 Å². The summed E-state index contributed by atoms with van der Waals surface area (Å²) in [7, 11) is -0.655. The fourth-order valence-corrected chi connectivity index (χ4v) is 6.52. The van der Waals surface area contributed by atoms with Crippen molar-refractivity contribution in [1.29, 1.82) is 0 Å². The first-order valence-electron chi connectivity index (χ1n) is 12.6. The second-order valence-electron chi connectivity index (χ2n) is 9.67. The van der Waals surface area contributed by atoms with Crippen LogP contribution in [0.3, 0.4) is 0 Å². The van der Waals surface area contributed by atoms with E-state index in [9.17, 15) is 18.0 Å². The molecule has 2 atom stereocenters. The molecule has 4 rings (SSSR count). The van der Waals surface area contributed by atoms with Crippen LogP contribution in [-0.4, -0.2) is 48.8 Å². The molecule has 2 heterocycles. The van der Waals surface area contributed by atoms with Gasteiger partial charge in [0.1, 0.15) is 16.7 Å². The van der Waals surface area contributed by atoms with Crippen molar-refractivity contribution in [3.63, 3.8) is 0 Å². The van der Waals surface area contributed by atoms with E-state index in [4.69, 9.17) is 9.47 Å². The number of aryl methyl sites for hydroxylation is 1. The largest absolute Gasteiger partial charge is 0.488 e. The number of esters is 1. The number of benzene rings is 2. The summed E-state index contributed by atoms with van der Waals surface area (Å²) in [5.41, 5.74) is 3.94. The Balaban J connectivity index is 1.75. The highest BCUT2D eigenvalue weighted by Gasteiger charge is 2.34. The topological polar surface area (TPSA) is 94.9 Å². The number of methoxy groups -OCH3 is 1. The highest BCUT2D eigenvalue weighted by Crippen LogP contribution is 2.35. The Kier molecular flexibility index (Phi) is 8.08. The molecule has 0 N–H and O–H groups in total. The number of sulfonamides is 1. The van der Waals surface area contributed by atoms with Crippen LogP contribution in [-0.2, 0) is 33.1 Å². The van der Waals surface area contributed by atoms with E-state index in [1.165, 1.54) is 18.3 Å². The molecule has 0 amide bonds. The molecule has 2 aromatic carbocycles. The van der Waals surface area contributed by atoms with E-state index in [0.29, 0.717) is 17.9 Å². The summed E-state index contributed by atoms with van der Waals surface area (Å²) in [6, 6.07) is 16.2. The molecule has 0 saturated carbocycles. The van der Waals surface area contributed by atoms with Crippen molar-refractivity contribution in [3.8, 4) is 5.75 Å². The quantitative estimate of drug-likeness (QED) is 0.308. The van der Waals surface area contributed by atoms with Crippen LogP contribution in [0.25, 0.3) is 0 Å². The normalized spacial score (nSPS) is 17.7. The van der Waals surface area contributed by atoms with Crippen molar-refractivity contribution in [2.75, 3.05) is 13.7 Å². The van der Waals surface area contributed by atoms with E-state index < -0.39 is 10.0 Å². The average molecular weight is 539 g/mol. The third kappa shape index (κ3) is 5.39. The number of ketones is 1. The maximum atomic E-state index is 13.7. The van der Waals surface area contributed by atoms with Gasteiger partial charge in [-0.2, -0.15) is 4.31 Å². The second kappa shape index (κ2) is 11.1. The predicted molar refractivity (Wildman–Crippen MR) is 144 cm³/mol. The van der Waals surface area contributed by atoms with Crippen LogP contribution in [0.15, 0.2) is 59.5 Å². The Morgan fingerprint density at radius 2 is 1.87 bits per heavy atom. The van der Waals surface area contributed by atoms with E-state index in [1.54, 1.807) is 41.9 Å². The van der Waals surface area contributed by atoms with Gasteiger partial charge in [-0.1, -0.05) is 37.3 Å². The second-order valence-corrected chi connectivity index (χ2v) is 11.6. The SMILES string of the molecule is CC[C@@H]1CN(Cc2cc(C(CC(=O)OC)c3ccc(C(C)=O)n3C)ccc2C)S(=O)(=O)c2ccccc2O1. The van der Waals surface area contributed by atoms with Gasteiger partial charge in [-0.25, -0.2) is 8.42 Å². The lowest BCUT2D eigenvalue weighted by molar-refractivity contribution is -0.140. The lowest BCUT2D eigenvalue weighted by Gasteiger charge is -2.24. The molecule has 38 heavy (non-hydrogen) atoms. The van der Waals surface area contributed by atoms with Crippen LogP contribution in [0.5, 0.6) is 5.75 Å². The van der Waals surface area contributed by atoms with Crippen molar-refractivity contribution >= 4 is 21.8 Å². The maximum Gasteiger partial charge on any atom is 0.306 e. The number of hydrogen-bond acceptors (Lipinski definition) is 6. The molecule has 0 radical (unpaired) electrons. The summed E-state index contributed by atoms with van der Waals surface area (Å²) in [6.07, 6.45) is 0.458. The van der Waals surface area contributed by atoms with Crippen LogP contribution in [0.2, 0.25) is 0 Å². The number of rotatable bonds is 8. The minimum atomic E-state index is -3.81. The number of carbonyl (C=O) groups excluding carboxylic acids is 2. The minimum Gasteiger partial charge on any atom is -0.488 e. The number of ether oxygens (including phenoxy) is 2. The van der Waals surface area contributed by atoms with E-state index in [-0.39, 0.29) is 48.2 Å². The van der Waals surface area contributed by atoms with Crippen molar-refractivity contribution in [2.45, 2.75) is 57.1 Å². The molecule has 0 fully saturated rings. The number of aromatic nitrogens is 1. The lowest BCUT2D eigenvalue weighted by atomic mass is 9.90. The summed E-state index contributed by atoms with van der Waals surface area (Å²) < 4.78 is 41.7. The number of nitrogens with zero attached hydrogens (tertiary/aromatic N) is 2. The highest BCUT2D eigenvalue weighted by atomic mass is 32.2. The minimum absolute atomic E-state index is 0.0699. The fourth-order valence-electron chi connectivity index (χ4n) is 4.95. The molecule has 0 aliphatic carbocycles. The number of fused-ring (bicyclic) bond motifs is 1. The zero-order chi connectivity index (χ0) is 27.6. The molecule has 3 aromatic rings. The molecule has 8 nitrogen and oxygen atoms in total. The first kappa shape index (κ1) is 27.6. The summed E-state index contributed by atoms with van der Waals surface area (Å²) >= 11 is 0. The molecular weight excluding hydrogens is 504 g/mol. The molecule has 202 valence electrons. The molecule has 1 aliphatic rings. The fraction of sp³-hybridized carbons (Fsp3) is 0.379. The van der Waals surface area contributed by atoms with Gasteiger partial charge in [-0.05, 0) is 54.3 Å². The number of Topliss-reactive ketones (excluding diaryl/α,β-unsaturated/α-hetero) is 1. The third-order valence-corrected chi connectivity index (χ3v) is 9.07. The monoisotopic (exact) mass is 538 g/mol. The molecular formula is C29H34N2O6S. The predicted octanol–water partition coefficient (Wildman–Crippen LogP) is 4.59. The summed E-state index contributed by atoms with van der Waals surface area (Å²) in [6.45, 7) is 5.81. The molecule has 1 unspecified atom stereocenters. The van der Waals surface area contributed by atoms with Crippen LogP contribution in [0.4, 0.5) is 0 Å². The Morgan fingerprint density at radius 3 is 2.53 bits per heavy atom. The van der Waals surface area contributed by atoms with Crippen LogP contribution >= 0.6 is 0 Å². The highest BCUT2D eigenvalue weighted by molar-refractivity contribution is 7.89. The van der Waals surface area contributed by atoms with Crippen LogP contribution < -0.4 is 4.74 Å². The first-order valence-corrected chi connectivity index (χ1v) is 14.1. The average Bonchev–Trinajstić information content (AvgIpc) is 3.23. The Hall–Kier alpha value is -3.43. The standard InChI is InChI=1S/C29H34N2O6S/c1-6-23-18-31(38(34,35)28-10-8-7-9-27(28)37-23)17-22-15-21(12-11-19(22)2)24(16-29(33)36-5)26-14-13-25(20(3)32)30(26)4/h7-15,23-24H,6,16-18H2,1-5H3/t23-,24?/m1/s1. The number of para-hydroxylation sites is 1. The van der Waals surface area contributed by atoms with E-state index >= 15 is 0 Å². The van der Waals surface area contributed by atoms with Crippen molar-refractivity contribution in [1.82, 2.24) is 8.87 Å². The van der Waals surface area contributed by atoms with E-state index in [1.807, 2.05) is 38.1 Å². The van der Waals surface area contributed by atoms with Gasteiger partial charge in [0.25, 0.3) is 0 Å². The van der Waals surface area contributed by atoms with Crippen LogP contribution in [0, 0.1) is 6.92 Å². The molecule has 0 saturated heterocycles. The van der Waals surface area contributed by atoms with Gasteiger partial charge in [0.2, 0.25) is 10.0 Å². The molecule has 1 aromatic heterocycles. The Labute approximate surface area is 224 Å². The summed E-state index contributed by atoms with van der Waals surface area (Å²) in [4.78, 5) is 24.6. The molecule has 1 aliphatic heterocycles. The molecule has 0 bridgehead atoms. The number of carbonyl (C=O) groups is 2. The summed E-state index contributed by atoms with van der Waals surface area (Å²) in [5.74, 6) is -0.458.